The van der Waals surface area contributed by atoms with Crippen LogP contribution in [0.5, 0.6) is 0 Å². The molecule has 0 bridgehead atoms. The number of benzene rings is 1. The van der Waals surface area contributed by atoms with E-state index >= 15 is 0 Å². The zero-order valence-electron chi connectivity index (χ0n) is 10.9. The second-order valence-electron chi connectivity index (χ2n) is 4.77. The SMILES string of the molecule is COCC(C)(C)NS(=O)(=O)c1cccc(CN)c1. The van der Waals surface area contributed by atoms with Crippen LogP contribution in [0.25, 0.3) is 0 Å². The van der Waals surface area contributed by atoms with Crippen molar-refractivity contribution >= 4 is 10.0 Å². The van der Waals surface area contributed by atoms with Crippen LogP contribution < -0.4 is 10.5 Å². The third kappa shape index (κ3) is 4.06. The van der Waals surface area contributed by atoms with Crippen LogP contribution in [0.1, 0.15) is 19.4 Å². The van der Waals surface area contributed by atoms with E-state index in [-0.39, 0.29) is 4.90 Å². The molecule has 0 unspecified atom stereocenters. The highest BCUT2D eigenvalue weighted by Crippen LogP contribution is 2.14. The lowest BCUT2D eigenvalue weighted by Crippen LogP contribution is -2.46. The molecular formula is C12H20N2O3S. The van der Waals surface area contributed by atoms with Gasteiger partial charge in [0.05, 0.1) is 17.0 Å². The summed E-state index contributed by atoms with van der Waals surface area (Å²) < 4.78 is 32.0. The van der Waals surface area contributed by atoms with E-state index < -0.39 is 15.6 Å². The summed E-state index contributed by atoms with van der Waals surface area (Å²) >= 11 is 0. The molecular weight excluding hydrogens is 252 g/mol. The quantitative estimate of drug-likeness (QED) is 0.804. The Morgan fingerprint density at radius 3 is 2.61 bits per heavy atom. The number of nitrogens with one attached hydrogen (secondary N) is 1. The summed E-state index contributed by atoms with van der Waals surface area (Å²) in [5.74, 6) is 0. The molecule has 0 heterocycles. The number of ether oxygens (including phenoxy) is 1. The highest BCUT2D eigenvalue weighted by molar-refractivity contribution is 7.89. The molecule has 3 N–H and O–H groups in total. The smallest absolute Gasteiger partial charge is 0.241 e. The first-order valence-corrected chi connectivity index (χ1v) is 7.11. The second kappa shape index (κ2) is 5.79. The van der Waals surface area contributed by atoms with Crippen molar-refractivity contribution in [3.8, 4) is 0 Å². The van der Waals surface area contributed by atoms with E-state index in [1.54, 1.807) is 38.1 Å². The molecule has 1 aromatic rings. The van der Waals surface area contributed by atoms with E-state index in [1.165, 1.54) is 7.11 Å². The Labute approximate surface area is 108 Å². The summed E-state index contributed by atoms with van der Waals surface area (Å²) in [4.78, 5) is 0.217. The standard InChI is InChI=1S/C12H20N2O3S/c1-12(2,9-17-3)14-18(15,16)11-6-4-5-10(7-11)8-13/h4-7,14H,8-9,13H2,1-3H3. The summed E-state index contributed by atoms with van der Waals surface area (Å²) in [6.45, 7) is 4.13. The van der Waals surface area contributed by atoms with Crippen molar-refractivity contribution in [1.29, 1.82) is 0 Å². The number of rotatable bonds is 6. The maximum absolute atomic E-state index is 12.2. The molecule has 0 saturated carbocycles. The molecule has 0 atom stereocenters. The van der Waals surface area contributed by atoms with Crippen LogP contribution in [0.3, 0.4) is 0 Å². The van der Waals surface area contributed by atoms with Crippen molar-refractivity contribution in [3.63, 3.8) is 0 Å². The fourth-order valence-corrected chi connectivity index (χ4v) is 3.12. The molecule has 0 aliphatic rings. The van der Waals surface area contributed by atoms with Gasteiger partial charge in [-0.2, -0.15) is 0 Å². The number of hydrogen-bond donors (Lipinski definition) is 2. The molecule has 0 fully saturated rings. The topological polar surface area (TPSA) is 81.4 Å². The number of sulfonamides is 1. The van der Waals surface area contributed by atoms with Gasteiger partial charge < -0.3 is 10.5 Å². The zero-order chi connectivity index (χ0) is 13.8. The maximum Gasteiger partial charge on any atom is 0.241 e. The normalized spacial score (nSPS) is 12.7. The van der Waals surface area contributed by atoms with E-state index in [2.05, 4.69) is 4.72 Å². The summed E-state index contributed by atoms with van der Waals surface area (Å²) in [5.41, 5.74) is 5.62. The average molecular weight is 272 g/mol. The van der Waals surface area contributed by atoms with Gasteiger partial charge in [-0.15, -0.1) is 0 Å². The first-order chi connectivity index (χ1) is 8.30. The van der Waals surface area contributed by atoms with Gasteiger partial charge in [0.25, 0.3) is 0 Å². The Morgan fingerprint density at radius 1 is 1.39 bits per heavy atom. The van der Waals surface area contributed by atoms with Gasteiger partial charge in [0.1, 0.15) is 0 Å². The largest absolute Gasteiger partial charge is 0.383 e. The molecule has 0 spiro atoms. The van der Waals surface area contributed by atoms with Crippen LogP contribution in [-0.4, -0.2) is 27.7 Å². The van der Waals surface area contributed by atoms with Gasteiger partial charge in [0.15, 0.2) is 0 Å². The van der Waals surface area contributed by atoms with E-state index in [9.17, 15) is 8.42 Å². The average Bonchev–Trinajstić information content (AvgIpc) is 2.27. The molecule has 102 valence electrons. The molecule has 0 saturated heterocycles. The van der Waals surface area contributed by atoms with E-state index in [0.29, 0.717) is 13.2 Å². The van der Waals surface area contributed by atoms with Crippen LogP contribution in [-0.2, 0) is 21.3 Å². The van der Waals surface area contributed by atoms with Crippen molar-refractivity contribution in [2.24, 2.45) is 5.73 Å². The maximum atomic E-state index is 12.2. The minimum absolute atomic E-state index is 0.217. The third-order valence-electron chi connectivity index (χ3n) is 2.36. The van der Waals surface area contributed by atoms with E-state index in [4.69, 9.17) is 10.5 Å². The lowest BCUT2D eigenvalue weighted by atomic mass is 10.1. The van der Waals surface area contributed by atoms with Gasteiger partial charge in [0, 0.05) is 13.7 Å². The minimum Gasteiger partial charge on any atom is -0.383 e. The highest BCUT2D eigenvalue weighted by Gasteiger charge is 2.26. The molecule has 0 amide bonds. The minimum atomic E-state index is -3.56. The summed E-state index contributed by atoms with van der Waals surface area (Å²) in [7, 11) is -2.03. The highest BCUT2D eigenvalue weighted by atomic mass is 32.2. The lowest BCUT2D eigenvalue weighted by Gasteiger charge is -2.25. The van der Waals surface area contributed by atoms with Crippen LogP contribution >= 0.6 is 0 Å². The Morgan fingerprint density at radius 2 is 2.06 bits per heavy atom. The molecule has 0 aromatic heterocycles. The van der Waals surface area contributed by atoms with Gasteiger partial charge in [-0.25, -0.2) is 13.1 Å². The van der Waals surface area contributed by atoms with Crippen molar-refractivity contribution in [1.82, 2.24) is 4.72 Å². The molecule has 18 heavy (non-hydrogen) atoms. The number of nitrogens with two attached hydrogens (primary N) is 1. The molecule has 1 aromatic carbocycles. The Hall–Kier alpha value is -0.950. The first kappa shape index (κ1) is 15.1. The number of hydrogen-bond acceptors (Lipinski definition) is 4. The van der Waals surface area contributed by atoms with Gasteiger partial charge in [-0.3, -0.25) is 0 Å². The Bertz CT molecular complexity index is 498. The first-order valence-electron chi connectivity index (χ1n) is 5.63. The molecule has 5 nitrogen and oxygen atoms in total. The van der Waals surface area contributed by atoms with Crippen LogP contribution in [0.2, 0.25) is 0 Å². The second-order valence-corrected chi connectivity index (χ2v) is 6.46. The van der Waals surface area contributed by atoms with Gasteiger partial charge in [-0.05, 0) is 31.5 Å². The van der Waals surface area contributed by atoms with E-state index in [1.807, 2.05) is 0 Å². The summed E-state index contributed by atoms with van der Waals surface area (Å²) in [6, 6.07) is 6.59. The lowest BCUT2D eigenvalue weighted by molar-refractivity contribution is 0.141. The summed E-state index contributed by atoms with van der Waals surface area (Å²) in [6.07, 6.45) is 0. The number of methoxy groups -OCH3 is 1. The Kier molecular flexibility index (Phi) is 4.86. The van der Waals surface area contributed by atoms with Crippen molar-refractivity contribution in [2.75, 3.05) is 13.7 Å². The molecule has 0 radical (unpaired) electrons. The van der Waals surface area contributed by atoms with Crippen molar-refractivity contribution in [3.05, 3.63) is 29.8 Å². The summed E-state index contributed by atoms with van der Waals surface area (Å²) in [5, 5.41) is 0. The van der Waals surface area contributed by atoms with Crippen molar-refractivity contribution in [2.45, 2.75) is 30.8 Å². The van der Waals surface area contributed by atoms with Gasteiger partial charge in [0.2, 0.25) is 10.0 Å². The van der Waals surface area contributed by atoms with Gasteiger partial charge >= 0.3 is 0 Å². The molecule has 0 aliphatic heterocycles. The fraction of sp³-hybridized carbons (Fsp3) is 0.500. The van der Waals surface area contributed by atoms with Gasteiger partial charge in [-0.1, -0.05) is 12.1 Å². The van der Waals surface area contributed by atoms with Crippen LogP contribution in [0.4, 0.5) is 0 Å². The molecule has 6 heteroatoms. The zero-order valence-corrected chi connectivity index (χ0v) is 11.8. The predicted octanol–water partition coefficient (Wildman–Crippen LogP) is 0.849. The predicted molar refractivity (Wildman–Crippen MR) is 70.6 cm³/mol. The van der Waals surface area contributed by atoms with Crippen LogP contribution in [0, 0.1) is 0 Å². The molecule has 1 rings (SSSR count). The van der Waals surface area contributed by atoms with E-state index in [0.717, 1.165) is 5.56 Å². The molecule has 0 aliphatic carbocycles. The third-order valence-corrected chi connectivity index (χ3v) is 4.06. The van der Waals surface area contributed by atoms with Crippen LogP contribution in [0.15, 0.2) is 29.2 Å². The fourth-order valence-electron chi connectivity index (χ4n) is 1.65. The Balaban J connectivity index is 2.99. The monoisotopic (exact) mass is 272 g/mol. The van der Waals surface area contributed by atoms with Crippen molar-refractivity contribution < 1.29 is 13.2 Å².